The van der Waals surface area contributed by atoms with E-state index in [4.69, 9.17) is 5.84 Å². The molecule has 1 rings (SSSR count). The average Bonchev–Trinajstić information content (AvgIpc) is 2.17. The van der Waals surface area contributed by atoms with E-state index in [1.807, 2.05) is 0 Å². The van der Waals surface area contributed by atoms with Gasteiger partial charge in [-0.1, -0.05) is 0 Å². The van der Waals surface area contributed by atoms with Crippen molar-refractivity contribution in [2.45, 2.75) is 38.4 Å². The molecule has 0 unspecified atom stereocenters. The summed E-state index contributed by atoms with van der Waals surface area (Å²) in [6.07, 6.45) is 1.67. The van der Waals surface area contributed by atoms with Crippen LogP contribution >= 0.6 is 0 Å². The van der Waals surface area contributed by atoms with Gasteiger partial charge in [-0.3, -0.25) is 10.2 Å². The van der Waals surface area contributed by atoms with E-state index < -0.39 is 12.7 Å². The SMILES string of the molecule is NNC(=O)C1CCC(OC(F)F)CC1. The van der Waals surface area contributed by atoms with Gasteiger partial charge in [-0.15, -0.1) is 0 Å². The predicted molar refractivity (Wildman–Crippen MR) is 45.2 cm³/mol. The molecule has 0 aromatic rings. The number of carbonyl (C=O) groups excluding carboxylic acids is 1. The highest BCUT2D eigenvalue weighted by Crippen LogP contribution is 2.27. The van der Waals surface area contributed by atoms with Gasteiger partial charge in [0.1, 0.15) is 0 Å². The molecule has 4 nitrogen and oxygen atoms in total. The quantitative estimate of drug-likeness (QED) is 0.409. The van der Waals surface area contributed by atoms with E-state index in [0.29, 0.717) is 25.7 Å². The Bertz CT molecular complexity index is 194. The number of ether oxygens (including phenoxy) is 1. The molecule has 1 aliphatic rings. The van der Waals surface area contributed by atoms with Gasteiger partial charge in [0.05, 0.1) is 6.10 Å². The summed E-state index contributed by atoms with van der Waals surface area (Å²) < 4.78 is 28.0. The zero-order valence-electron chi connectivity index (χ0n) is 7.71. The van der Waals surface area contributed by atoms with Crippen LogP contribution < -0.4 is 11.3 Å². The summed E-state index contributed by atoms with van der Waals surface area (Å²) in [4.78, 5) is 11.1. The molecular weight excluding hydrogens is 194 g/mol. The molecule has 1 fully saturated rings. The first-order valence-corrected chi connectivity index (χ1v) is 4.57. The lowest BCUT2D eigenvalue weighted by Crippen LogP contribution is -2.38. The molecule has 0 aromatic carbocycles. The van der Waals surface area contributed by atoms with Gasteiger partial charge in [-0.05, 0) is 25.7 Å². The van der Waals surface area contributed by atoms with Crippen molar-refractivity contribution >= 4 is 5.91 Å². The fourth-order valence-corrected chi connectivity index (χ4v) is 1.72. The van der Waals surface area contributed by atoms with Crippen LogP contribution in [-0.4, -0.2) is 18.6 Å². The summed E-state index contributed by atoms with van der Waals surface area (Å²) in [5, 5.41) is 0. The van der Waals surface area contributed by atoms with E-state index >= 15 is 0 Å². The lowest BCUT2D eigenvalue weighted by atomic mass is 9.87. The molecule has 0 spiro atoms. The van der Waals surface area contributed by atoms with Gasteiger partial charge in [0.25, 0.3) is 0 Å². The third-order valence-corrected chi connectivity index (χ3v) is 2.48. The van der Waals surface area contributed by atoms with Crippen LogP contribution in [0.1, 0.15) is 25.7 Å². The maximum atomic E-state index is 11.8. The van der Waals surface area contributed by atoms with Crippen molar-refractivity contribution in [1.29, 1.82) is 0 Å². The molecule has 0 saturated heterocycles. The number of hydrogen-bond acceptors (Lipinski definition) is 3. The molecule has 1 aliphatic carbocycles. The number of carbonyl (C=O) groups is 1. The third-order valence-electron chi connectivity index (χ3n) is 2.48. The summed E-state index contributed by atoms with van der Waals surface area (Å²) in [6, 6.07) is 0. The number of rotatable bonds is 3. The van der Waals surface area contributed by atoms with Crippen molar-refractivity contribution in [1.82, 2.24) is 5.43 Å². The zero-order chi connectivity index (χ0) is 10.6. The van der Waals surface area contributed by atoms with E-state index in [9.17, 15) is 13.6 Å². The number of hydrogen-bond donors (Lipinski definition) is 2. The Morgan fingerprint density at radius 1 is 1.36 bits per heavy atom. The summed E-state index contributed by atoms with van der Waals surface area (Å²) in [6.45, 7) is -2.72. The summed E-state index contributed by atoms with van der Waals surface area (Å²) >= 11 is 0. The van der Waals surface area contributed by atoms with E-state index in [1.165, 1.54) is 0 Å². The molecule has 3 N–H and O–H groups in total. The Hall–Kier alpha value is -0.750. The summed E-state index contributed by atoms with van der Waals surface area (Å²) in [7, 11) is 0. The highest BCUT2D eigenvalue weighted by Gasteiger charge is 2.27. The number of amides is 1. The minimum absolute atomic E-state index is 0.155. The standard InChI is InChI=1S/C8H14F2N2O2/c9-8(10)14-6-3-1-5(2-4-6)7(13)12-11/h5-6,8H,1-4,11H2,(H,12,13). The van der Waals surface area contributed by atoms with Crippen LogP contribution in [0.3, 0.4) is 0 Å². The Kier molecular flexibility index (Phi) is 4.21. The summed E-state index contributed by atoms with van der Waals surface area (Å²) in [5.41, 5.74) is 2.06. The smallest absolute Gasteiger partial charge is 0.320 e. The molecule has 0 atom stereocenters. The Morgan fingerprint density at radius 2 is 1.93 bits per heavy atom. The first-order valence-electron chi connectivity index (χ1n) is 4.57. The lowest BCUT2D eigenvalue weighted by molar-refractivity contribution is -0.172. The molecule has 6 heteroatoms. The van der Waals surface area contributed by atoms with Crippen LogP contribution in [0, 0.1) is 5.92 Å². The highest BCUT2D eigenvalue weighted by atomic mass is 19.3. The fraction of sp³-hybridized carbons (Fsp3) is 0.875. The minimum atomic E-state index is -2.72. The number of halogens is 2. The Labute approximate surface area is 80.8 Å². The number of hydrazine groups is 1. The molecule has 1 amide bonds. The van der Waals surface area contributed by atoms with E-state index in [0.717, 1.165) is 0 Å². The molecule has 0 heterocycles. The van der Waals surface area contributed by atoms with Gasteiger partial charge < -0.3 is 4.74 Å². The number of nitrogens with two attached hydrogens (primary N) is 1. The van der Waals surface area contributed by atoms with Gasteiger partial charge in [0, 0.05) is 5.92 Å². The van der Waals surface area contributed by atoms with Crippen LogP contribution in [0.4, 0.5) is 8.78 Å². The second kappa shape index (κ2) is 5.21. The molecule has 0 aliphatic heterocycles. The molecule has 0 radical (unpaired) electrons. The first-order chi connectivity index (χ1) is 6.63. The Balaban J connectivity index is 2.27. The topological polar surface area (TPSA) is 64.3 Å². The van der Waals surface area contributed by atoms with Crippen molar-refractivity contribution in [3.8, 4) is 0 Å². The molecule has 82 valence electrons. The molecule has 14 heavy (non-hydrogen) atoms. The lowest BCUT2D eigenvalue weighted by Gasteiger charge is -2.26. The van der Waals surface area contributed by atoms with E-state index in [1.54, 1.807) is 0 Å². The van der Waals surface area contributed by atoms with Crippen molar-refractivity contribution in [3.05, 3.63) is 0 Å². The van der Waals surface area contributed by atoms with Gasteiger partial charge in [-0.2, -0.15) is 8.78 Å². The van der Waals surface area contributed by atoms with E-state index in [2.05, 4.69) is 10.2 Å². The van der Waals surface area contributed by atoms with Crippen molar-refractivity contribution in [2.24, 2.45) is 11.8 Å². The monoisotopic (exact) mass is 208 g/mol. The van der Waals surface area contributed by atoms with Gasteiger partial charge in [0.2, 0.25) is 5.91 Å². The number of nitrogens with one attached hydrogen (secondary N) is 1. The maximum Gasteiger partial charge on any atom is 0.345 e. The van der Waals surface area contributed by atoms with Crippen molar-refractivity contribution in [2.75, 3.05) is 0 Å². The normalized spacial score (nSPS) is 27.7. The predicted octanol–water partition coefficient (Wildman–Crippen LogP) is 0.774. The molecule has 0 bridgehead atoms. The minimum Gasteiger partial charge on any atom is -0.320 e. The van der Waals surface area contributed by atoms with Crippen molar-refractivity contribution in [3.63, 3.8) is 0 Å². The third kappa shape index (κ3) is 3.19. The van der Waals surface area contributed by atoms with Gasteiger partial charge in [-0.25, -0.2) is 5.84 Å². The van der Waals surface area contributed by atoms with Gasteiger partial charge >= 0.3 is 6.61 Å². The largest absolute Gasteiger partial charge is 0.345 e. The zero-order valence-corrected chi connectivity index (χ0v) is 7.71. The Morgan fingerprint density at radius 3 is 2.36 bits per heavy atom. The highest BCUT2D eigenvalue weighted by molar-refractivity contribution is 5.77. The summed E-state index contributed by atoms with van der Waals surface area (Å²) in [5.74, 6) is 4.59. The number of alkyl halides is 2. The fourth-order valence-electron chi connectivity index (χ4n) is 1.72. The second-order valence-electron chi connectivity index (χ2n) is 3.38. The molecule has 1 saturated carbocycles. The van der Waals surface area contributed by atoms with Crippen LogP contribution in [0.2, 0.25) is 0 Å². The maximum absolute atomic E-state index is 11.8. The molecule has 0 aromatic heterocycles. The van der Waals surface area contributed by atoms with Crippen LogP contribution in [0.25, 0.3) is 0 Å². The molecular formula is C8H14F2N2O2. The van der Waals surface area contributed by atoms with E-state index in [-0.39, 0.29) is 11.8 Å². The van der Waals surface area contributed by atoms with Crippen molar-refractivity contribution < 1.29 is 18.3 Å². The van der Waals surface area contributed by atoms with Crippen LogP contribution in [0.15, 0.2) is 0 Å². The average molecular weight is 208 g/mol. The van der Waals surface area contributed by atoms with Crippen LogP contribution in [-0.2, 0) is 9.53 Å². The van der Waals surface area contributed by atoms with Crippen LogP contribution in [0.5, 0.6) is 0 Å². The first kappa shape index (κ1) is 11.3. The second-order valence-corrected chi connectivity index (χ2v) is 3.38. The van der Waals surface area contributed by atoms with Gasteiger partial charge in [0.15, 0.2) is 0 Å².